The third-order valence-electron chi connectivity index (χ3n) is 3.63. The molecule has 2 heterocycles. The quantitative estimate of drug-likeness (QED) is 0.814. The molecule has 106 valence electrons. The van der Waals surface area contributed by atoms with Gasteiger partial charge in [0.25, 0.3) is 0 Å². The Labute approximate surface area is 113 Å². The summed E-state index contributed by atoms with van der Waals surface area (Å²) in [6.07, 6.45) is 2.95. The van der Waals surface area contributed by atoms with Crippen LogP contribution >= 0.6 is 0 Å². The second kappa shape index (κ2) is 6.73. The molecule has 1 aliphatic rings. The van der Waals surface area contributed by atoms with Gasteiger partial charge in [-0.15, -0.1) is 0 Å². The Kier molecular flexibility index (Phi) is 4.99. The van der Waals surface area contributed by atoms with Crippen LogP contribution in [0.2, 0.25) is 0 Å². The van der Waals surface area contributed by atoms with Gasteiger partial charge in [0.1, 0.15) is 5.76 Å². The third-order valence-corrected chi connectivity index (χ3v) is 3.63. The molecule has 0 spiro atoms. The summed E-state index contributed by atoms with van der Waals surface area (Å²) in [6.45, 7) is 6.03. The lowest BCUT2D eigenvalue weighted by Gasteiger charge is -2.18. The van der Waals surface area contributed by atoms with E-state index < -0.39 is 0 Å². The Bertz CT molecular complexity index is 391. The van der Waals surface area contributed by atoms with Crippen molar-refractivity contribution in [2.75, 3.05) is 13.2 Å². The number of ether oxygens (including phenoxy) is 1. The zero-order valence-electron chi connectivity index (χ0n) is 11.5. The topological polar surface area (TPSA) is 63.5 Å². The number of furan rings is 1. The average molecular weight is 266 g/mol. The summed E-state index contributed by atoms with van der Waals surface area (Å²) in [5.41, 5.74) is 0. The second-order valence-corrected chi connectivity index (χ2v) is 5.05. The van der Waals surface area contributed by atoms with E-state index in [0.717, 1.165) is 25.3 Å². The van der Waals surface area contributed by atoms with Crippen LogP contribution in [0.3, 0.4) is 0 Å². The molecule has 3 atom stereocenters. The van der Waals surface area contributed by atoms with Crippen LogP contribution in [0.1, 0.15) is 26.0 Å². The minimum atomic E-state index is -0.206. The molecule has 19 heavy (non-hydrogen) atoms. The van der Waals surface area contributed by atoms with Gasteiger partial charge < -0.3 is 19.8 Å². The maximum Gasteiger partial charge on any atom is 0.237 e. The Hall–Kier alpha value is -1.33. The number of carbonyl (C=O) groups is 1. The minimum Gasteiger partial charge on any atom is -0.467 e. The molecular weight excluding hydrogens is 244 g/mol. The molecule has 2 N–H and O–H groups in total. The molecular formula is C14H22N2O3. The summed E-state index contributed by atoms with van der Waals surface area (Å²) in [5.74, 6) is 1.25. The van der Waals surface area contributed by atoms with Crippen LogP contribution in [0.4, 0.5) is 0 Å². The van der Waals surface area contributed by atoms with E-state index in [1.165, 1.54) is 0 Å². The van der Waals surface area contributed by atoms with Crippen LogP contribution in [0.15, 0.2) is 22.8 Å². The van der Waals surface area contributed by atoms with Crippen molar-refractivity contribution >= 4 is 5.91 Å². The van der Waals surface area contributed by atoms with Gasteiger partial charge in [0.05, 0.1) is 25.0 Å². The lowest BCUT2D eigenvalue weighted by molar-refractivity contribution is -0.123. The van der Waals surface area contributed by atoms with Crippen molar-refractivity contribution in [3.63, 3.8) is 0 Å². The normalized spacial score (nSPS) is 24.3. The van der Waals surface area contributed by atoms with Gasteiger partial charge in [0.15, 0.2) is 0 Å². The maximum absolute atomic E-state index is 11.9. The average Bonchev–Trinajstić information content (AvgIpc) is 3.04. The number of hydrogen-bond donors (Lipinski definition) is 2. The number of carbonyl (C=O) groups excluding carboxylic acids is 1. The first-order chi connectivity index (χ1) is 9.16. The van der Waals surface area contributed by atoms with E-state index in [1.807, 2.05) is 19.1 Å². The van der Waals surface area contributed by atoms with Crippen molar-refractivity contribution in [3.05, 3.63) is 24.2 Å². The highest BCUT2D eigenvalue weighted by Crippen LogP contribution is 2.19. The Balaban J connectivity index is 1.67. The van der Waals surface area contributed by atoms with Crippen molar-refractivity contribution in [2.45, 2.75) is 39.0 Å². The zero-order valence-corrected chi connectivity index (χ0v) is 11.5. The molecule has 1 aromatic heterocycles. The van der Waals surface area contributed by atoms with Crippen LogP contribution in [0.5, 0.6) is 0 Å². The minimum absolute atomic E-state index is 0.0111. The van der Waals surface area contributed by atoms with E-state index in [1.54, 1.807) is 6.26 Å². The first-order valence-electron chi connectivity index (χ1n) is 6.82. The van der Waals surface area contributed by atoms with Gasteiger partial charge in [-0.25, -0.2) is 0 Å². The summed E-state index contributed by atoms with van der Waals surface area (Å²) in [5, 5.41) is 6.11. The highest BCUT2D eigenvalue weighted by molar-refractivity contribution is 5.81. The third kappa shape index (κ3) is 4.08. The van der Waals surface area contributed by atoms with E-state index in [4.69, 9.17) is 9.15 Å². The number of amides is 1. The molecule has 1 aliphatic heterocycles. The first kappa shape index (κ1) is 14.1. The van der Waals surface area contributed by atoms with E-state index >= 15 is 0 Å². The van der Waals surface area contributed by atoms with Crippen molar-refractivity contribution < 1.29 is 13.9 Å². The molecule has 0 saturated carbocycles. The molecule has 1 aromatic rings. The van der Waals surface area contributed by atoms with Crippen molar-refractivity contribution in [1.82, 2.24) is 10.6 Å². The van der Waals surface area contributed by atoms with Crippen molar-refractivity contribution in [1.29, 1.82) is 0 Å². The van der Waals surface area contributed by atoms with Crippen LogP contribution in [0.25, 0.3) is 0 Å². The van der Waals surface area contributed by atoms with E-state index in [0.29, 0.717) is 12.5 Å². The molecule has 0 aliphatic carbocycles. The van der Waals surface area contributed by atoms with E-state index in [2.05, 4.69) is 17.6 Å². The standard InChI is InChI=1S/C14H22N2O3/c1-10(15-8-12-5-7-18-11(12)2)14(17)16-9-13-4-3-6-19-13/h3-4,6,10-12,15H,5,7-9H2,1-2H3,(H,16,17). The molecule has 0 aromatic carbocycles. The Morgan fingerprint density at radius 3 is 3.05 bits per heavy atom. The van der Waals surface area contributed by atoms with Gasteiger partial charge in [0, 0.05) is 13.2 Å². The SMILES string of the molecule is CC(NCC1CCOC1C)C(=O)NCc1ccco1. The smallest absolute Gasteiger partial charge is 0.237 e. The molecule has 3 unspecified atom stereocenters. The molecule has 2 rings (SSSR count). The number of hydrogen-bond acceptors (Lipinski definition) is 4. The fraction of sp³-hybridized carbons (Fsp3) is 0.643. The largest absolute Gasteiger partial charge is 0.467 e. The molecule has 5 nitrogen and oxygen atoms in total. The van der Waals surface area contributed by atoms with Crippen molar-refractivity contribution in [2.24, 2.45) is 5.92 Å². The Morgan fingerprint density at radius 2 is 2.42 bits per heavy atom. The summed E-state index contributed by atoms with van der Waals surface area (Å²) < 4.78 is 10.7. The zero-order chi connectivity index (χ0) is 13.7. The highest BCUT2D eigenvalue weighted by Gasteiger charge is 2.25. The van der Waals surface area contributed by atoms with Gasteiger partial charge in [-0.1, -0.05) is 0 Å². The Morgan fingerprint density at radius 1 is 1.58 bits per heavy atom. The number of nitrogens with one attached hydrogen (secondary N) is 2. The second-order valence-electron chi connectivity index (χ2n) is 5.05. The highest BCUT2D eigenvalue weighted by atomic mass is 16.5. The molecule has 1 saturated heterocycles. The lowest BCUT2D eigenvalue weighted by atomic mass is 10.0. The fourth-order valence-electron chi connectivity index (χ4n) is 2.21. The lowest BCUT2D eigenvalue weighted by Crippen LogP contribution is -2.44. The van der Waals surface area contributed by atoms with Gasteiger partial charge >= 0.3 is 0 Å². The summed E-state index contributed by atoms with van der Waals surface area (Å²) in [4.78, 5) is 11.9. The first-order valence-corrected chi connectivity index (χ1v) is 6.82. The summed E-state index contributed by atoms with van der Waals surface area (Å²) in [7, 11) is 0. The van der Waals surface area contributed by atoms with Crippen LogP contribution in [-0.2, 0) is 16.1 Å². The predicted octanol–water partition coefficient (Wildman–Crippen LogP) is 1.30. The van der Waals surface area contributed by atoms with Gasteiger partial charge in [-0.05, 0) is 38.3 Å². The molecule has 0 bridgehead atoms. The number of rotatable bonds is 6. The summed E-state index contributed by atoms with van der Waals surface area (Å²) in [6, 6.07) is 3.45. The van der Waals surface area contributed by atoms with Crippen molar-refractivity contribution in [3.8, 4) is 0 Å². The summed E-state index contributed by atoms with van der Waals surface area (Å²) >= 11 is 0. The van der Waals surface area contributed by atoms with Gasteiger partial charge in [-0.2, -0.15) is 0 Å². The predicted molar refractivity (Wildman–Crippen MR) is 71.5 cm³/mol. The van der Waals surface area contributed by atoms with Crippen LogP contribution in [0, 0.1) is 5.92 Å². The molecule has 1 amide bonds. The van der Waals surface area contributed by atoms with Gasteiger partial charge in [-0.3, -0.25) is 4.79 Å². The van der Waals surface area contributed by atoms with Crippen LogP contribution in [-0.4, -0.2) is 31.2 Å². The monoisotopic (exact) mass is 266 g/mol. The van der Waals surface area contributed by atoms with E-state index in [9.17, 15) is 4.79 Å². The van der Waals surface area contributed by atoms with Gasteiger partial charge in [0.2, 0.25) is 5.91 Å². The van der Waals surface area contributed by atoms with Crippen LogP contribution < -0.4 is 10.6 Å². The maximum atomic E-state index is 11.9. The molecule has 5 heteroatoms. The fourth-order valence-corrected chi connectivity index (χ4v) is 2.21. The molecule has 1 fully saturated rings. The molecule has 0 radical (unpaired) electrons. The van der Waals surface area contributed by atoms with E-state index in [-0.39, 0.29) is 18.1 Å².